The van der Waals surface area contributed by atoms with Crippen LogP contribution >= 0.6 is 0 Å². The van der Waals surface area contributed by atoms with Crippen LogP contribution in [0.5, 0.6) is 0 Å². The fourth-order valence-electron chi connectivity index (χ4n) is 4.60. The Morgan fingerprint density at radius 1 is 0.935 bits per heavy atom. The van der Waals surface area contributed by atoms with Crippen molar-refractivity contribution in [1.29, 1.82) is 0 Å². The fourth-order valence-corrected chi connectivity index (χ4v) is 4.60. The summed E-state index contributed by atoms with van der Waals surface area (Å²) < 4.78 is 0. The molecular formula is C27H30N2O2. The number of carboxylic acids is 1. The minimum absolute atomic E-state index is 0.107. The smallest absolute Gasteiger partial charge is 0.317 e. The van der Waals surface area contributed by atoms with Crippen molar-refractivity contribution in [2.75, 3.05) is 26.2 Å². The fraction of sp³-hybridized carbons (Fsp3) is 0.296. The molecule has 1 fully saturated rings. The molecule has 0 aromatic heterocycles. The van der Waals surface area contributed by atoms with E-state index >= 15 is 0 Å². The molecule has 0 saturated carbocycles. The summed E-state index contributed by atoms with van der Waals surface area (Å²) in [6, 6.07) is 28.5. The Balaban J connectivity index is 1.61. The van der Waals surface area contributed by atoms with E-state index in [2.05, 4.69) is 103 Å². The maximum absolute atomic E-state index is 11.2. The van der Waals surface area contributed by atoms with Gasteiger partial charge in [-0.1, -0.05) is 84.4 Å². The molecule has 2 atom stereocenters. The molecule has 3 aromatic carbocycles. The van der Waals surface area contributed by atoms with Crippen LogP contribution in [0.15, 0.2) is 78.9 Å². The first-order chi connectivity index (χ1) is 15.0. The van der Waals surface area contributed by atoms with Gasteiger partial charge in [-0.05, 0) is 36.1 Å². The highest BCUT2D eigenvalue weighted by Gasteiger charge is 2.30. The van der Waals surface area contributed by atoms with Crippen molar-refractivity contribution in [3.05, 3.63) is 95.6 Å². The molecule has 4 rings (SSSR count). The van der Waals surface area contributed by atoms with Crippen molar-refractivity contribution in [3.8, 4) is 11.1 Å². The lowest BCUT2D eigenvalue weighted by Crippen LogP contribution is -2.54. The van der Waals surface area contributed by atoms with Gasteiger partial charge in [-0.15, -0.1) is 0 Å². The number of hydrogen-bond donors (Lipinski definition) is 1. The lowest BCUT2D eigenvalue weighted by Gasteiger charge is -2.43. The normalized spacial score (nSPS) is 18.6. The van der Waals surface area contributed by atoms with Crippen molar-refractivity contribution in [3.63, 3.8) is 0 Å². The van der Waals surface area contributed by atoms with E-state index in [0.29, 0.717) is 0 Å². The number of aryl methyl sites for hydroxylation is 1. The van der Waals surface area contributed by atoms with E-state index in [1.54, 1.807) is 0 Å². The first-order valence-corrected chi connectivity index (χ1v) is 10.9. The Morgan fingerprint density at radius 2 is 1.65 bits per heavy atom. The lowest BCUT2D eigenvalue weighted by molar-refractivity contribution is -0.139. The first kappa shape index (κ1) is 21.3. The molecule has 3 aromatic rings. The molecule has 0 radical (unpaired) electrons. The van der Waals surface area contributed by atoms with Gasteiger partial charge in [-0.2, -0.15) is 0 Å². The van der Waals surface area contributed by atoms with Crippen molar-refractivity contribution in [2.45, 2.75) is 25.9 Å². The summed E-state index contributed by atoms with van der Waals surface area (Å²) >= 11 is 0. The third-order valence-electron chi connectivity index (χ3n) is 6.19. The molecular weight excluding hydrogens is 384 g/mol. The van der Waals surface area contributed by atoms with Gasteiger partial charge in [0.2, 0.25) is 0 Å². The zero-order valence-electron chi connectivity index (χ0n) is 18.2. The van der Waals surface area contributed by atoms with Crippen LogP contribution in [0, 0.1) is 6.92 Å². The van der Waals surface area contributed by atoms with Crippen LogP contribution in [-0.4, -0.2) is 53.1 Å². The van der Waals surface area contributed by atoms with Gasteiger partial charge in [0.1, 0.15) is 0 Å². The van der Waals surface area contributed by atoms with Gasteiger partial charge in [0.25, 0.3) is 0 Å². The van der Waals surface area contributed by atoms with Crippen LogP contribution in [0.25, 0.3) is 11.1 Å². The van der Waals surface area contributed by atoms with Gasteiger partial charge in [-0.25, -0.2) is 0 Å². The van der Waals surface area contributed by atoms with E-state index in [9.17, 15) is 9.90 Å². The first-order valence-electron chi connectivity index (χ1n) is 10.9. The van der Waals surface area contributed by atoms with E-state index in [1.807, 2.05) is 0 Å². The van der Waals surface area contributed by atoms with Crippen LogP contribution in [0.1, 0.15) is 29.7 Å². The summed E-state index contributed by atoms with van der Waals surface area (Å²) in [5.41, 5.74) is 6.25. The molecule has 1 heterocycles. The second-order valence-electron chi connectivity index (χ2n) is 8.51. The van der Waals surface area contributed by atoms with Gasteiger partial charge >= 0.3 is 5.97 Å². The molecule has 0 aliphatic carbocycles. The summed E-state index contributed by atoms with van der Waals surface area (Å²) in [6.45, 7) is 6.80. The van der Waals surface area contributed by atoms with Crippen molar-refractivity contribution >= 4 is 5.97 Å². The molecule has 4 nitrogen and oxygen atoms in total. The number of carboxylic acid groups (broad SMARTS) is 1. The van der Waals surface area contributed by atoms with Gasteiger partial charge in [0.15, 0.2) is 0 Å². The van der Waals surface area contributed by atoms with E-state index in [1.165, 1.54) is 27.8 Å². The second-order valence-corrected chi connectivity index (χ2v) is 8.51. The highest BCUT2D eigenvalue weighted by Crippen LogP contribution is 2.32. The molecule has 1 aliphatic rings. The van der Waals surface area contributed by atoms with Gasteiger partial charge in [0.05, 0.1) is 12.6 Å². The summed E-state index contributed by atoms with van der Waals surface area (Å²) in [6.07, 6.45) is 0. The van der Waals surface area contributed by atoms with Crippen LogP contribution in [-0.2, 0) is 4.79 Å². The van der Waals surface area contributed by atoms with Gasteiger partial charge in [-0.3, -0.25) is 14.6 Å². The Kier molecular flexibility index (Phi) is 6.50. The van der Waals surface area contributed by atoms with Crippen molar-refractivity contribution in [1.82, 2.24) is 9.80 Å². The molecule has 4 heteroatoms. The summed E-state index contributed by atoms with van der Waals surface area (Å²) in [5.74, 6) is -0.758. The topological polar surface area (TPSA) is 43.8 Å². The summed E-state index contributed by atoms with van der Waals surface area (Å²) in [7, 11) is 0. The van der Waals surface area contributed by atoms with Crippen LogP contribution in [0.3, 0.4) is 0 Å². The number of carbonyl (C=O) groups is 1. The Bertz CT molecular complexity index is 1020. The standard InChI is InChI=1S/C27H30N2O2/c1-20-7-6-10-25(17-20)22-11-13-24(14-12-22)27(23-8-4-3-5-9-23)29-16-15-28(19-26(30)31)21(2)18-29/h3-14,17,21,27H,15-16,18-19H2,1-2H3,(H,30,31)/t21?,27-/m1/s1. The molecule has 0 amide bonds. The lowest BCUT2D eigenvalue weighted by atomic mass is 9.93. The largest absolute Gasteiger partial charge is 0.480 e. The van der Waals surface area contributed by atoms with Gasteiger partial charge < -0.3 is 5.11 Å². The van der Waals surface area contributed by atoms with E-state index in [4.69, 9.17) is 0 Å². The average molecular weight is 415 g/mol. The molecule has 1 saturated heterocycles. The number of piperazine rings is 1. The Morgan fingerprint density at radius 3 is 2.29 bits per heavy atom. The van der Waals surface area contributed by atoms with Crippen LogP contribution in [0.2, 0.25) is 0 Å². The Hall–Kier alpha value is -2.95. The highest BCUT2D eigenvalue weighted by molar-refractivity contribution is 5.69. The zero-order valence-corrected chi connectivity index (χ0v) is 18.2. The number of hydrogen-bond acceptors (Lipinski definition) is 3. The molecule has 0 spiro atoms. The number of rotatable bonds is 6. The van der Waals surface area contributed by atoms with Gasteiger partial charge in [0, 0.05) is 25.7 Å². The molecule has 160 valence electrons. The monoisotopic (exact) mass is 414 g/mol. The number of aliphatic carboxylic acids is 1. The molecule has 1 unspecified atom stereocenters. The molecule has 0 bridgehead atoms. The van der Waals surface area contributed by atoms with E-state index < -0.39 is 5.97 Å². The summed E-state index contributed by atoms with van der Waals surface area (Å²) in [4.78, 5) is 15.7. The quantitative estimate of drug-likeness (QED) is 0.627. The number of nitrogens with zero attached hydrogens (tertiary/aromatic N) is 2. The molecule has 1 aliphatic heterocycles. The highest BCUT2D eigenvalue weighted by atomic mass is 16.4. The van der Waals surface area contributed by atoms with Crippen LogP contribution < -0.4 is 0 Å². The minimum Gasteiger partial charge on any atom is -0.480 e. The zero-order chi connectivity index (χ0) is 21.8. The van der Waals surface area contributed by atoms with Crippen molar-refractivity contribution in [2.24, 2.45) is 0 Å². The van der Waals surface area contributed by atoms with E-state index in [-0.39, 0.29) is 18.6 Å². The maximum atomic E-state index is 11.2. The third-order valence-corrected chi connectivity index (χ3v) is 6.19. The maximum Gasteiger partial charge on any atom is 0.317 e. The Labute approximate surface area is 184 Å². The van der Waals surface area contributed by atoms with Crippen LogP contribution in [0.4, 0.5) is 0 Å². The third kappa shape index (κ3) is 5.04. The second kappa shape index (κ2) is 9.46. The predicted molar refractivity (Wildman–Crippen MR) is 125 cm³/mol. The average Bonchev–Trinajstić information content (AvgIpc) is 2.77. The number of benzene rings is 3. The minimum atomic E-state index is -0.758. The molecule has 31 heavy (non-hydrogen) atoms. The SMILES string of the molecule is Cc1cccc(-c2ccc([C@@H](c3ccccc3)N3CCN(CC(=O)O)C(C)C3)cc2)c1. The van der Waals surface area contributed by atoms with Crippen molar-refractivity contribution < 1.29 is 9.90 Å². The van der Waals surface area contributed by atoms with E-state index in [0.717, 1.165) is 19.6 Å². The molecule has 1 N–H and O–H groups in total. The summed E-state index contributed by atoms with van der Waals surface area (Å²) in [5, 5.41) is 9.20. The predicted octanol–water partition coefficient (Wildman–Crippen LogP) is 4.84.